The first kappa shape index (κ1) is 14.3. The Morgan fingerprint density at radius 2 is 1.95 bits per heavy atom. The van der Waals surface area contributed by atoms with Gasteiger partial charge < -0.3 is 9.30 Å². The van der Waals surface area contributed by atoms with Crippen LogP contribution in [0.2, 0.25) is 0 Å². The molecule has 0 aliphatic carbocycles. The Morgan fingerprint density at radius 3 is 2.68 bits per heavy atom. The van der Waals surface area contributed by atoms with Crippen molar-refractivity contribution >= 4 is 17.3 Å². The topological polar surface area (TPSA) is 44.1 Å². The van der Waals surface area contributed by atoms with Crippen LogP contribution in [0.4, 0.5) is 0 Å². The molecule has 4 nitrogen and oxygen atoms in total. The first-order valence-electron chi connectivity index (χ1n) is 7.16. The minimum absolute atomic E-state index is 0.615. The maximum Gasteiger partial charge on any atom is 0.150 e. The van der Waals surface area contributed by atoms with Crippen LogP contribution in [0.3, 0.4) is 0 Å². The molecule has 0 bridgehead atoms. The monoisotopic (exact) mass is 294 g/mol. The average molecular weight is 294 g/mol. The van der Waals surface area contributed by atoms with E-state index in [0.29, 0.717) is 12.1 Å². The van der Waals surface area contributed by atoms with Crippen LogP contribution in [0, 0.1) is 13.8 Å². The molecule has 3 rings (SSSR count). The third-order valence-corrected chi connectivity index (χ3v) is 4.02. The number of methoxy groups -OCH3 is 1. The molecule has 0 saturated heterocycles. The van der Waals surface area contributed by atoms with Crippen LogP contribution in [0.5, 0.6) is 5.75 Å². The van der Waals surface area contributed by atoms with Crippen molar-refractivity contribution in [2.45, 2.75) is 20.4 Å². The van der Waals surface area contributed by atoms with Crippen molar-refractivity contribution in [1.29, 1.82) is 0 Å². The summed E-state index contributed by atoms with van der Waals surface area (Å²) in [6.45, 7) is 4.80. The highest BCUT2D eigenvalue weighted by Gasteiger charge is 2.09. The fourth-order valence-electron chi connectivity index (χ4n) is 2.62. The van der Waals surface area contributed by atoms with E-state index in [2.05, 4.69) is 35.5 Å². The Balaban J connectivity index is 2.06. The van der Waals surface area contributed by atoms with Crippen LogP contribution in [0.15, 0.2) is 36.7 Å². The predicted molar refractivity (Wildman–Crippen MR) is 86.7 cm³/mol. The Labute approximate surface area is 129 Å². The summed E-state index contributed by atoms with van der Waals surface area (Å²) in [6, 6.07) is 9.69. The van der Waals surface area contributed by atoms with E-state index in [4.69, 9.17) is 4.74 Å². The van der Waals surface area contributed by atoms with E-state index in [0.717, 1.165) is 28.6 Å². The van der Waals surface area contributed by atoms with Crippen molar-refractivity contribution in [3.63, 3.8) is 0 Å². The van der Waals surface area contributed by atoms with Crippen LogP contribution in [0.1, 0.15) is 27.0 Å². The van der Waals surface area contributed by atoms with Gasteiger partial charge in [0, 0.05) is 11.1 Å². The molecule has 0 aliphatic rings. The summed E-state index contributed by atoms with van der Waals surface area (Å²) in [4.78, 5) is 15.5. The number of aryl methyl sites for hydroxylation is 2. The molecule has 22 heavy (non-hydrogen) atoms. The summed E-state index contributed by atoms with van der Waals surface area (Å²) < 4.78 is 7.48. The first-order chi connectivity index (χ1) is 10.6. The maximum absolute atomic E-state index is 11.0. The number of benzene rings is 2. The summed E-state index contributed by atoms with van der Waals surface area (Å²) in [6.07, 6.45) is 2.68. The van der Waals surface area contributed by atoms with Gasteiger partial charge in [0.2, 0.25) is 0 Å². The van der Waals surface area contributed by atoms with E-state index in [-0.39, 0.29) is 0 Å². The van der Waals surface area contributed by atoms with Gasteiger partial charge in [-0.15, -0.1) is 0 Å². The Morgan fingerprint density at radius 1 is 1.18 bits per heavy atom. The highest BCUT2D eigenvalue weighted by molar-refractivity contribution is 5.78. The summed E-state index contributed by atoms with van der Waals surface area (Å²) in [5.74, 6) is 0.774. The largest absolute Gasteiger partial charge is 0.496 e. The zero-order chi connectivity index (χ0) is 15.7. The van der Waals surface area contributed by atoms with Crippen molar-refractivity contribution < 1.29 is 9.53 Å². The quantitative estimate of drug-likeness (QED) is 0.691. The number of aldehydes is 1. The number of ether oxygens (including phenoxy) is 1. The molecule has 0 spiro atoms. The van der Waals surface area contributed by atoms with Crippen molar-refractivity contribution in [3.05, 3.63) is 58.9 Å². The van der Waals surface area contributed by atoms with Crippen molar-refractivity contribution in [2.24, 2.45) is 0 Å². The van der Waals surface area contributed by atoms with Crippen LogP contribution in [0.25, 0.3) is 11.0 Å². The average Bonchev–Trinajstić information content (AvgIpc) is 2.90. The van der Waals surface area contributed by atoms with Gasteiger partial charge in [0.05, 0.1) is 31.0 Å². The van der Waals surface area contributed by atoms with Crippen molar-refractivity contribution in [2.75, 3.05) is 7.11 Å². The van der Waals surface area contributed by atoms with Gasteiger partial charge in [-0.2, -0.15) is 0 Å². The number of aromatic nitrogens is 2. The third kappa shape index (κ3) is 2.48. The number of rotatable bonds is 4. The van der Waals surface area contributed by atoms with E-state index >= 15 is 0 Å². The minimum Gasteiger partial charge on any atom is -0.496 e. The molecule has 0 aliphatic heterocycles. The number of hydrogen-bond acceptors (Lipinski definition) is 3. The standard InChI is InChI=1S/C18H18N2O2/c1-12-6-16-17(7-13(12)2)20(11-19-16)9-15-8-14(10-21)4-5-18(15)22-3/h4-8,10-11H,9H2,1-3H3. The van der Waals surface area contributed by atoms with Gasteiger partial charge in [-0.05, 0) is 55.3 Å². The van der Waals surface area contributed by atoms with E-state index in [9.17, 15) is 4.79 Å². The van der Waals surface area contributed by atoms with E-state index in [1.165, 1.54) is 11.1 Å². The van der Waals surface area contributed by atoms with Gasteiger partial charge in [0.15, 0.2) is 0 Å². The van der Waals surface area contributed by atoms with E-state index in [1.807, 2.05) is 18.5 Å². The maximum atomic E-state index is 11.0. The summed E-state index contributed by atoms with van der Waals surface area (Å²) in [5, 5.41) is 0. The lowest BCUT2D eigenvalue weighted by Crippen LogP contribution is -2.02. The Kier molecular flexibility index (Phi) is 3.67. The highest BCUT2D eigenvalue weighted by Crippen LogP contribution is 2.24. The number of fused-ring (bicyclic) bond motifs is 1. The smallest absolute Gasteiger partial charge is 0.150 e. The van der Waals surface area contributed by atoms with E-state index < -0.39 is 0 Å². The van der Waals surface area contributed by atoms with Crippen molar-refractivity contribution in [3.8, 4) is 5.75 Å². The molecule has 0 saturated carbocycles. The highest BCUT2D eigenvalue weighted by atomic mass is 16.5. The van der Waals surface area contributed by atoms with Gasteiger partial charge in [-0.3, -0.25) is 4.79 Å². The predicted octanol–water partition coefficient (Wildman–Crippen LogP) is 3.52. The van der Waals surface area contributed by atoms with Gasteiger partial charge in [-0.1, -0.05) is 0 Å². The molecule has 1 heterocycles. The second-order valence-electron chi connectivity index (χ2n) is 5.49. The lowest BCUT2D eigenvalue weighted by Gasteiger charge is -2.11. The van der Waals surface area contributed by atoms with Crippen LogP contribution >= 0.6 is 0 Å². The minimum atomic E-state index is 0.615. The van der Waals surface area contributed by atoms with Gasteiger partial charge in [0.1, 0.15) is 12.0 Å². The molecule has 0 unspecified atom stereocenters. The SMILES string of the molecule is COc1ccc(C=O)cc1Cn1cnc2cc(C)c(C)cc21. The Bertz CT molecular complexity index is 850. The van der Waals surface area contributed by atoms with Crippen LogP contribution < -0.4 is 4.74 Å². The van der Waals surface area contributed by atoms with Crippen molar-refractivity contribution in [1.82, 2.24) is 9.55 Å². The second kappa shape index (κ2) is 5.64. The van der Waals surface area contributed by atoms with E-state index in [1.54, 1.807) is 13.2 Å². The first-order valence-corrected chi connectivity index (χ1v) is 7.16. The molecule has 0 fully saturated rings. The van der Waals surface area contributed by atoms with Crippen LogP contribution in [-0.2, 0) is 6.54 Å². The molecule has 0 atom stereocenters. The van der Waals surface area contributed by atoms with Crippen LogP contribution in [-0.4, -0.2) is 22.9 Å². The number of imidazole rings is 1. The number of hydrogen-bond donors (Lipinski definition) is 0. The molecule has 0 radical (unpaired) electrons. The molecule has 4 heteroatoms. The molecule has 0 amide bonds. The zero-order valence-electron chi connectivity index (χ0n) is 13.0. The molecule has 3 aromatic rings. The fourth-order valence-corrected chi connectivity index (χ4v) is 2.62. The summed E-state index contributed by atoms with van der Waals surface area (Å²) in [5.41, 5.74) is 6.15. The van der Waals surface area contributed by atoms with Gasteiger partial charge in [-0.25, -0.2) is 4.98 Å². The molecule has 2 aromatic carbocycles. The number of nitrogens with zero attached hydrogens (tertiary/aromatic N) is 2. The fraction of sp³-hybridized carbons (Fsp3) is 0.222. The van der Waals surface area contributed by atoms with Gasteiger partial charge >= 0.3 is 0 Å². The molecule has 1 aromatic heterocycles. The summed E-state index contributed by atoms with van der Waals surface area (Å²) in [7, 11) is 1.64. The Hall–Kier alpha value is -2.62. The third-order valence-electron chi connectivity index (χ3n) is 4.02. The molecule has 112 valence electrons. The summed E-state index contributed by atoms with van der Waals surface area (Å²) >= 11 is 0. The molecular weight excluding hydrogens is 276 g/mol. The lowest BCUT2D eigenvalue weighted by atomic mass is 10.1. The number of carbonyl (C=O) groups is 1. The van der Waals surface area contributed by atoms with Gasteiger partial charge in [0.25, 0.3) is 0 Å². The molecule has 0 N–H and O–H groups in total. The number of carbonyl (C=O) groups excluding carboxylic acids is 1. The normalized spacial score (nSPS) is 10.9. The zero-order valence-corrected chi connectivity index (χ0v) is 13.0. The lowest BCUT2D eigenvalue weighted by molar-refractivity contribution is 0.112. The molecular formula is C18H18N2O2. The second-order valence-corrected chi connectivity index (χ2v) is 5.49.